The quantitative estimate of drug-likeness (QED) is 0.574. The fraction of sp³-hybridized carbons (Fsp3) is 0.600. The molecule has 2 rings (SSSR count). The van der Waals surface area contributed by atoms with Crippen molar-refractivity contribution in [3.8, 4) is 0 Å². The molecule has 0 aliphatic carbocycles. The summed E-state index contributed by atoms with van der Waals surface area (Å²) in [7, 11) is 0. The first-order valence-electron chi connectivity index (χ1n) is 6.69. The van der Waals surface area contributed by atoms with E-state index in [1.165, 1.54) is 35.8 Å². The molecular formula is C15H22IN. The Morgan fingerprint density at radius 3 is 2.71 bits per heavy atom. The number of rotatable bonds is 5. The van der Waals surface area contributed by atoms with Gasteiger partial charge in [-0.1, -0.05) is 66.3 Å². The Kier molecular flexibility index (Phi) is 5.29. The first-order chi connectivity index (χ1) is 8.35. The molecule has 0 radical (unpaired) electrons. The zero-order valence-electron chi connectivity index (χ0n) is 10.6. The summed E-state index contributed by atoms with van der Waals surface area (Å²) in [5, 5.41) is 0. The molecule has 1 aromatic rings. The van der Waals surface area contributed by atoms with Crippen molar-refractivity contribution in [1.29, 1.82) is 0 Å². The highest BCUT2D eigenvalue weighted by Crippen LogP contribution is 2.30. The van der Waals surface area contributed by atoms with E-state index in [2.05, 4.69) is 64.7 Å². The molecule has 1 saturated heterocycles. The molecule has 1 fully saturated rings. The van der Waals surface area contributed by atoms with Gasteiger partial charge >= 0.3 is 0 Å². The predicted octanol–water partition coefficient (Wildman–Crippen LogP) is 4.11. The molecule has 1 aromatic carbocycles. The van der Waals surface area contributed by atoms with E-state index >= 15 is 0 Å². The molecule has 1 aliphatic rings. The van der Waals surface area contributed by atoms with Gasteiger partial charge in [0, 0.05) is 17.0 Å². The zero-order chi connectivity index (χ0) is 12.1. The minimum absolute atomic E-state index is 0.817. The highest BCUT2D eigenvalue weighted by molar-refractivity contribution is 14.1. The smallest absolute Gasteiger partial charge is 0.0236 e. The van der Waals surface area contributed by atoms with E-state index in [1.54, 1.807) is 0 Å². The average Bonchev–Trinajstić information content (AvgIpc) is 2.74. The minimum atomic E-state index is 0.817. The highest BCUT2D eigenvalue weighted by atomic mass is 127. The van der Waals surface area contributed by atoms with Crippen LogP contribution in [0.1, 0.15) is 31.7 Å². The zero-order valence-corrected chi connectivity index (χ0v) is 12.8. The van der Waals surface area contributed by atoms with Crippen molar-refractivity contribution in [2.24, 2.45) is 5.92 Å². The fourth-order valence-corrected chi connectivity index (χ4v) is 3.92. The van der Waals surface area contributed by atoms with Crippen LogP contribution in [0.4, 0.5) is 0 Å². The lowest BCUT2D eigenvalue weighted by Crippen LogP contribution is -2.32. The lowest BCUT2D eigenvalue weighted by atomic mass is 9.98. The van der Waals surface area contributed by atoms with Gasteiger partial charge in [-0.25, -0.2) is 0 Å². The molecule has 1 heterocycles. The van der Waals surface area contributed by atoms with Gasteiger partial charge in [-0.2, -0.15) is 0 Å². The van der Waals surface area contributed by atoms with Crippen LogP contribution < -0.4 is 0 Å². The van der Waals surface area contributed by atoms with E-state index < -0.39 is 0 Å². The third-order valence-electron chi connectivity index (χ3n) is 3.81. The normalized spacial score (nSPS) is 25.3. The molecule has 0 N–H and O–H groups in total. The van der Waals surface area contributed by atoms with Crippen LogP contribution in [-0.2, 0) is 6.54 Å². The summed E-state index contributed by atoms with van der Waals surface area (Å²) >= 11 is 2.56. The highest BCUT2D eigenvalue weighted by Gasteiger charge is 2.32. The van der Waals surface area contributed by atoms with E-state index in [0.29, 0.717) is 0 Å². The monoisotopic (exact) mass is 343 g/mol. The summed E-state index contributed by atoms with van der Waals surface area (Å²) in [6, 6.07) is 11.7. The SMILES string of the molecule is CCC[C@H]1[C@@H](CI)CCN1Cc1ccccc1. The van der Waals surface area contributed by atoms with Gasteiger partial charge < -0.3 is 0 Å². The number of alkyl halides is 1. The van der Waals surface area contributed by atoms with Gasteiger partial charge in [0.15, 0.2) is 0 Å². The van der Waals surface area contributed by atoms with Crippen molar-refractivity contribution < 1.29 is 0 Å². The number of halogens is 1. The Bertz CT molecular complexity index is 325. The van der Waals surface area contributed by atoms with E-state index in [9.17, 15) is 0 Å². The van der Waals surface area contributed by atoms with Crippen LogP contribution in [0.15, 0.2) is 30.3 Å². The second kappa shape index (κ2) is 6.74. The van der Waals surface area contributed by atoms with Crippen molar-refractivity contribution in [2.45, 2.75) is 38.8 Å². The maximum Gasteiger partial charge on any atom is 0.0236 e. The van der Waals surface area contributed by atoms with Crippen molar-refractivity contribution in [3.63, 3.8) is 0 Å². The summed E-state index contributed by atoms with van der Waals surface area (Å²) < 4.78 is 1.31. The third kappa shape index (κ3) is 3.44. The summed E-state index contributed by atoms with van der Waals surface area (Å²) in [6.45, 7) is 4.73. The fourth-order valence-electron chi connectivity index (χ4n) is 2.90. The van der Waals surface area contributed by atoms with E-state index in [-0.39, 0.29) is 0 Å². The van der Waals surface area contributed by atoms with Gasteiger partial charge in [0.25, 0.3) is 0 Å². The molecule has 0 aromatic heterocycles. The first kappa shape index (κ1) is 13.3. The van der Waals surface area contributed by atoms with Gasteiger partial charge in [-0.05, 0) is 30.9 Å². The van der Waals surface area contributed by atoms with E-state index in [1.807, 2.05) is 0 Å². The molecule has 0 spiro atoms. The largest absolute Gasteiger partial charge is 0.296 e. The van der Waals surface area contributed by atoms with Gasteiger partial charge in [-0.3, -0.25) is 4.90 Å². The number of hydrogen-bond donors (Lipinski definition) is 0. The lowest BCUT2D eigenvalue weighted by Gasteiger charge is -2.27. The Hall–Kier alpha value is -0.0900. The maximum atomic E-state index is 2.70. The van der Waals surface area contributed by atoms with Crippen LogP contribution in [0.2, 0.25) is 0 Å². The molecule has 2 heteroatoms. The molecule has 0 amide bonds. The van der Waals surface area contributed by atoms with Gasteiger partial charge in [-0.15, -0.1) is 0 Å². The summed E-state index contributed by atoms with van der Waals surface area (Å²) in [6.07, 6.45) is 4.06. The maximum absolute atomic E-state index is 2.70. The van der Waals surface area contributed by atoms with E-state index in [0.717, 1.165) is 18.5 Å². The standard InChI is InChI=1S/C15H22IN/c1-2-6-15-14(11-16)9-10-17(15)12-13-7-4-3-5-8-13/h3-5,7-8,14-15H,2,6,9-12H2,1H3/t14-,15+/m1/s1. The van der Waals surface area contributed by atoms with Crippen LogP contribution in [0, 0.1) is 5.92 Å². The first-order valence-corrected chi connectivity index (χ1v) is 8.21. The molecule has 94 valence electrons. The van der Waals surface area contributed by atoms with Crippen molar-refractivity contribution in [2.75, 3.05) is 11.0 Å². The Balaban J connectivity index is 2.00. The molecule has 17 heavy (non-hydrogen) atoms. The Morgan fingerprint density at radius 2 is 2.06 bits per heavy atom. The van der Waals surface area contributed by atoms with Crippen LogP contribution >= 0.6 is 22.6 Å². The van der Waals surface area contributed by atoms with Crippen molar-refractivity contribution in [1.82, 2.24) is 4.90 Å². The van der Waals surface area contributed by atoms with Gasteiger partial charge in [0.05, 0.1) is 0 Å². The van der Waals surface area contributed by atoms with E-state index in [4.69, 9.17) is 0 Å². The summed E-state index contributed by atoms with van der Waals surface area (Å²) in [4.78, 5) is 2.70. The second-order valence-electron chi connectivity index (χ2n) is 5.02. The molecule has 0 unspecified atom stereocenters. The van der Waals surface area contributed by atoms with Crippen LogP contribution in [0.25, 0.3) is 0 Å². The van der Waals surface area contributed by atoms with Crippen LogP contribution in [0.5, 0.6) is 0 Å². The summed E-state index contributed by atoms with van der Waals surface area (Å²) in [5.74, 6) is 0.916. The van der Waals surface area contributed by atoms with Crippen molar-refractivity contribution in [3.05, 3.63) is 35.9 Å². The second-order valence-corrected chi connectivity index (χ2v) is 5.90. The predicted molar refractivity (Wildman–Crippen MR) is 82.5 cm³/mol. The van der Waals surface area contributed by atoms with Gasteiger partial charge in [0.2, 0.25) is 0 Å². The number of hydrogen-bond acceptors (Lipinski definition) is 1. The van der Waals surface area contributed by atoms with Crippen LogP contribution in [-0.4, -0.2) is 21.9 Å². The molecule has 0 saturated carbocycles. The lowest BCUT2D eigenvalue weighted by molar-refractivity contribution is 0.212. The Labute approximate surface area is 119 Å². The summed E-state index contributed by atoms with van der Waals surface area (Å²) in [5.41, 5.74) is 1.46. The molecule has 0 bridgehead atoms. The minimum Gasteiger partial charge on any atom is -0.296 e. The van der Waals surface area contributed by atoms with Gasteiger partial charge in [0.1, 0.15) is 0 Å². The molecule has 2 atom stereocenters. The molecular weight excluding hydrogens is 321 g/mol. The average molecular weight is 343 g/mol. The topological polar surface area (TPSA) is 3.24 Å². The third-order valence-corrected chi connectivity index (χ3v) is 4.94. The number of benzene rings is 1. The number of nitrogens with zero attached hydrogens (tertiary/aromatic N) is 1. The Morgan fingerprint density at radius 1 is 1.29 bits per heavy atom. The van der Waals surface area contributed by atoms with Crippen molar-refractivity contribution >= 4 is 22.6 Å². The molecule has 1 aliphatic heterocycles. The number of likely N-dealkylation sites (tertiary alicyclic amines) is 1. The van der Waals surface area contributed by atoms with Crippen LogP contribution in [0.3, 0.4) is 0 Å². The molecule has 1 nitrogen and oxygen atoms in total.